The van der Waals surface area contributed by atoms with Gasteiger partial charge in [0, 0.05) is 11.3 Å². The van der Waals surface area contributed by atoms with Crippen molar-refractivity contribution in [3.63, 3.8) is 0 Å². The first-order valence-electron chi connectivity index (χ1n) is 9.17. The summed E-state index contributed by atoms with van der Waals surface area (Å²) < 4.78 is 33.1. The van der Waals surface area contributed by atoms with E-state index in [2.05, 4.69) is 10.3 Å². The molecule has 3 aromatic rings. The third-order valence-electron chi connectivity index (χ3n) is 4.71. The fourth-order valence-electron chi connectivity index (χ4n) is 3.22. The number of rotatable bonds is 4. The number of amides is 1. The van der Waals surface area contributed by atoms with Crippen molar-refractivity contribution in [3.8, 4) is 11.1 Å². The predicted octanol–water partition coefficient (Wildman–Crippen LogP) is 4.97. The van der Waals surface area contributed by atoms with E-state index in [1.165, 1.54) is 6.07 Å². The zero-order valence-corrected chi connectivity index (χ0v) is 15.7. The molecular formula is C23H18F2N2O2. The zero-order valence-electron chi connectivity index (χ0n) is 15.7. The summed E-state index contributed by atoms with van der Waals surface area (Å²) in [6, 6.07) is 16.4. The van der Waals surface area contributed by atoms with E-state index in [1.54, 1.807) is 12.1 Å². The zero-order chi connectivity index (χ0) is 20.4. The van der Waals surface area contributed by atoms with E-state index in [1.807, 2.05) is 37.3 Å². The van der Waals surface area contributed by atoms with Crippen molar-refractivity contribution in [1.29, 1.82) is 0 Å². The van der Waals surface area contributed by atoms with Crippen LogP contribution in [-0.2, 0) is 4.74 Å². The van der Waals surface area contributed by atoms with Crippen molar-refractivity contribution < 1.29 is 18.3 Å². The van der Waals surface area contributed by atoms with E-state index in [9.17, 15) is 13.6 Å². The predicted molar refractivity (Wildman–Crippen MR) is 108 cm³/mol. The molecule has 0 spiro atoms. The fraction of sp³-hybridized carbons (Fsp3) is 0.130. The lowest BCUT2D eigenvalue weighted by atomic mass is 9.98. The summed E-state index contributed by atoms with van der Waals surface area (Å²) in [4.78, 5) is 16.6. The van der Waals surface area contributed by atoms with E-state index in [0.717, 1.165) is 34.4 Å². The topological polar surface area (TPSA) is 50.7 Å². The molecule has 0 unspecified atom stereocenters. The maximum absolute atomic E-state index is 13.8. The lowest BCUT2D eigenvalue weighted by molar-refractivity contribution is 0.101. The van der Waals surface area contributed by atoms with Crippen LogP contribution >= 0.6 is 0 Å². The molecule has 0 atom stereocenters. The molecule has 4 nitrogen and oxygen atoms in total. The van der Waals surface area contributed by atoms with Gasteiger partial charge in [-0.05, 0) is 60.0 Å². The summed E-state index contributed by atoms with van der Waals surface area (Å²) in [6.45, 7) is 3.26. The number of benzene rings is 3. The van der Waals surface area contributed by atoms with Crippen LogP contribution in [-0.4, -0.2) is 25.0 Å². The molecule has 1 aliphatic heterocycles. The van der Waals surface area contributed by atoms with Crippen LogP contribution < -0.4 is 5.32 Å². The van der Waals surface area contributed by atoms with Crippen LogP contribution in [0.5, 0.6) is 0 Å². The van der Waals surface area contributed by atoms with Crippen LogP contribution in [0.1, 0.15) is 21.5 Å². The largest absolute Gasteiger partial charge is 0.476 e. The van der Waals surface area contributed by atoms with E-state index in [-0.39, 0.29) is 0 Å². The minimum absolute atomic E-state index is 0.443. The van der Waals surface area contributed by atoms with Crippen LogP contribution in [0, 0.1) is 18.6 Å². The molecule has 1 amide bonds. The van der Waals surface area contributed by atoms with Gasteiger partial charge < -0.3 is 10.1 Å². The summed E-state index contributed by atoms with van der Waals surface area (Å²) in [5.74, 6) is -1.99. The van der Waals surface area contributed by atoms with Gasteiger partial charge in [-0.2, -0.15) is 0 Å². The second kappa shape index (κ2) is 7.83. The van der Waals surface area contributed by atoms with E-state index in [0.29, 0.717) is 24.7 Å². The van der Waals surface area contributed by atoms with E-state index >= 15 is 0 Å². The van der Waals surface area contributed by atoms with Crippen molar-refractivity contribution in [2.24, 2.45) is 4.99 Å². The third kappa shape index (κ3) is 3.87. The highest BCUT2D eigenvalue weighted by Gasteiger charge is 2.17. The SMILES string of the molecule is Cc1ccc(C2=NCCO2)cc1-c1ccc(NC(=O)c2c(F)cccc2F)cc1. The van der Waals surface area contributed by atoms with Gasteiger partial charge >= 0.3 is 0 Å². The molecule has 1 aliphatic rings. The monoisotopic (exact) mass is 392 g/mol. The molecule has 3 aromatic carbocycles. The normalized spacial score (nSPS) is 13.0. The molecule has 0 saturated heterocycles. The van der Waals surface area contributed by atoms with Gasteiger partial charge in [-0.25, -0.2) is 13.8 Å². The van der Waals surface area contributed by atoms with Gasteiger partial charge in [-0.3, -0.25) is 4.79 Å². The van der Waals surface area contributed by atoms with Crippen LogP contribution in [0.25, 0.3) is 11.1 Å². The number of carbonyl (C=O) groups is 1. The number of halogens is 2. The number of aryl methyl sites for hydroxylation is 1. The molecule has 1 heterocycles. The van der Waals surface area contributed by atoms with Gasteiger partial charge in [0.1, 0.15) is 23.8 Å². The molecular weight excluding hydrogens is 374 g/mol. The molecule has 0 saturated carbocycles. The van der Waals surface area contributed by atoms with E-state index in [4.69, 9.17) is 4.74 Å². The summed E-state index contributed by atoms with van der Waals surface area (Å²) in [6.07, 6.45) is 0. The maximum Gasteiger partial charge on any atom is 0.261 e. The van der Waals surface area contributed by atoms with Crippen molar-refractivity contribution in [2.45, 2.75) is 6.92 Å². The Labute approximate surface area is 166 Å². The third-order valence-corrected chi connectivity index (χ3v) is 4.71. The summed E-state index contributed by atoms with van der Waals surface area (Å²) >= 11 is 0. The number of carbonyl (C=O) groups excluding carboxylic acids is 1. The van der Waals surface area contributed by atoms with Crippen LogP contribution in [0.2, 0.25) is 0 Å². The summed E-state index contributed by atoms with van der Waals surface area (Å²) in [5.41, 5.74) is 3.79. The van der Waals surface area contributed by atoms with Crippen LogP contribution in [0.4, 0.5) is 14.5 Å². The molecule has 1 N–H and O–H groups in total. The molecule has 29 heavy (non-hydrogen) atoms. The van der Waals surface area contributed by atoms with Crippen molar-refractivity contribution >= 4 is 17.5 Å². The first kappa shape index (κ1) is 18.8. The van der Waals surface area contributed by atoms with Crippen molar-refractivity contribution in [2.75, 3.05) is 18.5 Å². The number of hydrogen-bond acceptors (Lipinski definition) is 3. The molecule has 0 aliphatic carbocycles. The number of nitrogens with zero attached hydrogens (tertiary/aromatic N) is 1. The Morgan fingerprint density at radius 1 is 1.00 bits per heavy atom. The van der Waals surface area contributed by atoms with Gasteiger partial charge in [0.2, 0.25) is 5.90 Å². The number of aliphatic imine (C=N–C) groups is 1. The molecule has 146 valence electrons. The average Bonchev–Trinajstić information content (AvgIpc) is 3.24. The first-order chi connectivity index (χ1) is 14.0. The minimum atomic E-state index is -0.899. The Hall–Kier alpha value is -3.54. The van der Waals surface area contributed by atoms with E-state index < -0.39 is 23.1 Å². The van der Waals surface area contributed by atoms with Crippen LogP contribution in [0.15, 0.2) is 65.7 Å². The Balaban J connectivity index is 1.57. The quantitative estimate of drug-likeness (QED) is 0.682. The fourth-order valence-corrected chi connectivity index (χ4v) is 3.22. The highest BCUT2D eigenvalue weighted by Crippen LogP contribution is 2.27. The molecule has 0 aromatic heterocycles. The van der Waals surface area contributed by atoms with Gasteiger partial charge in [-0.15, -0.1) is 0 Å². The number of ether oxygens (including phenoxy) is 1. The van der Waals surface area contributed by atoms with Gasteiger partial charge in [-0.1, -0.05) is 24.3 Å². The van der Waals surface area contributed by atoms with Crippen molar-refractivity contribution in [3.05, 3.63) is 89.0 Å². The minimum Gasteiger partial charge on any atom is -0.476 e. The lowest BCUT2D eigenvalue weighted by Gasteiger charge is -2.11. The molecule has 0 fully saturated rings. The summed E-state index contributed by atoms with van der Waals surface area (Å²) in [7, 11) is 0. The molecule has 4 rings (SSSR count). The maximum atomic E-state index is 13.8. The number of anilines is 1. The Morgan fingerprint density at radius 2 is 1.69 bits per heavy atom. The highest BCUT2D eigenvalue weighted by molar-refractivity contribution is 6.04. The second-order valence-electron chi connectivity index (χ2n) is 6.69. The molecule has 0 radical (unpaired) electrons. The lowest BCUT2D eigenvalue weighted by Crippen LogP contribution is -2.15. The number of nitrogens with one attached hydrogen (secondary N) is 1. The van der Waals surface area contributed by atoms with Crippen LogP contribution in [0.3, 0.4) is 0 Å². The second-order valence-corrected chi connectivity index (χ2v) is 6.69. The average molecular weight is 392 g/mol. The standard InChI is InChI=1S/C23H18F2N2O2/c1-14-5-6-16(23-26-11-12-29-23)13-18(14)15-7-9-17(10-8-15)27-22(28)21-19(24)3-2-4-20(21)25/h2-10,13H,11-12H2,1H3,(H,27,28). The highest BCUT2D eigenvalue weighted by atomic mass is 19.1. The van der Waals surface area contributed by atoms with Gasteiger partial charge in [0.05, 0.1) is 6.54 Å². The Kier molecular flexibility index (Phi) is 5.08. The Bertz CT molecular complexity index is 1090. The summed E-state index contributed by atoms with van der Waals surface area (Å²) in [5, 5.41) is 2.53. The van der Waals surface area contributed by atoms with Crippen molar-refractivity contribution in [1.82, 2.24) is 0 Å². The molecule has 6 heteroatoms. The van der Waals surface area contributed by atoms with Gasteiger partial charge in [0.25, 0.3) is 5.91 Å². The molecule has 0 bridgehead atoms. The number of hydrogen-bond donors (Lipinski definition) is 1. The Morgan fingerprint density at radius 3 is 2.34 bits per heavy atom. The smallest absolute Gasteiger partial charge is 0.261 e. The first-order valence-corrected chi connectivity index (χ1v) is 9.17. The van der Waals surface area contributed by atoms with Gasteiger partial charge in [0.15, 0.2) is 0 Å².